The van der Waals surface area contributed by atoms with Crippen molar-refractivity contribution >= 4 is 11.8 Å². The van der Waals surface area contributed by atoms with Gasteiger partial charge >= 0.3 is 0 Å². The third-order valence-corrected chi connectivity index (χ3v) is 2.84. The van der Waals surface area contributed by atoms with E-state index in [1.54, 1.807) is 11.9 Å². The van der Waals surface area contributed by atoms with Gasteiger partial charge in [0.05, 0.1) is 12.8 Å². The summed E-state index contributed by atoms with van der Waals surface area (Å²) in [7, 11) is 1.76. The van der Waals surface area contributed by atoms with Crippen LogP contribution in [0.4, 0.5) is 16.2 Å². The molecule has 2 rings (SSSR count). The van der Waals surface area contributed by atoms with Crippen molar-refractivity contribution < 1.29 is 9.13 Å². The summed E-state index contributed by atoms with van der Waals surface area (Å²) in [5, 5.41) is 0. The average Bonchev–Trinajstić information content (AvgIpc) is 3.19. The van der Waals surface area contributed by atoms with Crippen LogP contribution in [-0.4, -0.2) is 36.8 Å². The topological polar surface area (TPSA) is 76.3 Å². The Bertz CT molecular complexity index is 399. The molecular weight excluding hydrogens is 237 g/mol. The van der Waals surface area contributed by atoms with Crippen LogP contribution in [0.25, 0.3) is 0 Å². The van der Waals surface area contributed by atoms with Crippen molar-refractivity contribution in [2.24, 2.45) is 11.8 Å². The molecule has 18 heavy (non-hydrogen) atoms. The SMILES string of the molecule is CN(CCOCC1CC1)c1nc(NN)ncc1F. The van der Waals surface area contributed by atoms with Crippen molar-refractivity contribution in [2.75, 3.05) is 37.1 Å². The number of likely N-dealkylation sites (N-methyl/N-ethyl adjacent to an activating group) is 1. The van der Waals surface area contributed by atoms with E-state index in [1.165, 1.54) is 12.8 Å². The number of hydrogen-bond donors (Lipinski definition) is 2. The summed E-state index contributed by atoms with van der Waals surface area (Å²) < 4.78 is 19.0. The molecule has 1 fully saturated rings. The van der Waals surface area contributed by atoms with Gasteiger partial charge in [-0.25, -0.2) is 15.2 Å². The van der Waals surface area contributed by atoms with Crippen molar-refractivity contribution in [3.8, 4) is 0 Å². The summed E-state index contributed by atoms with van der Waals surface area (Å²) >= 11 is 0. The van der Waals surface area contributed by atoms with Crippen LogP contribution in [0.2, 0.25) is 0 Å². The molecule has 0 aromatic carbocycles. The number of nitrogens with one attached hydrogen (secondary N) is 1. The number of hydrazine groups is 1. The van der Waals surface area contributed by atoms with Crippen LogP contribution in [0.3, 0.4) is 0 Å². The number of rotatable bonds is 7. The lowest BCUT2D eigenvalue weighted by Gasteiger charge is -2.18. The molecule has 1 heterocycles. The van der Waals surface area contributed by atoms with E-state index in [-0.39, 0.29) is 11.8 Å². The highest BCUT2D eigenvalue weighted by Crippen LogP contribution is 2.28. The Morgan fingerprint density at radius 2 is 2.39 bits per heavy atom. The standard InChI is InChI=1S/C11H18FN5O/c1-17(4-5-18-7-8-2-3-8)10-9(12)6-14-11(15-10)16-13/h6,8H,2-5,7,13H2,1H3,(H,14,15,16). The number of nitrogens with two attached hydrogens (primary N) is 1. The second-order valence-corrected chi connectivity index (χ2v) is 4.45. The minimum atomic E-state index is -0.473. The number of nitrogens with zero attached hydrogens (tertiary/aromatic N) is 3. The van der Waals surface area contributed by atoms with Gasteiger partial charge in [-0.2, -0.15) is 4.98 Å². The first kappa shape index (κ1) is 13.0. The summed E-state index contributed by atoms with van der Waals surface area (Å²) in [6.07, 6.45) is 3.63. The first-order chi connectivity index (χ1) is 8.70. The Morgan fingerprint density at radius 1 is 1.61 bits per heavy atom. The van der Waals surface area contributed by atoms with Gasteiger partial charge in [-0.05, 0) is 18.8 Å². The van der Waals surface area contributed by atoms with E-state index in [2.05, 4.69) is 15.4 Å². The Balaban J connectivity index is 1.84. The van der Waals surface area contributed by atoms with Gasteiger partial charge in [0, 0.05) is 20.2 Å². The maximum atomic E-state index is 13.5. The van der Waals surface area contributed by atoms with E-state index in [1.807, 2.05) is 0 Å². The highest BCUT2D eigenvalue weighted by atomic mass is 19.1. The fourth-order valence-electron chi connectivity index (χ4n) is 1.54. The second-order valence-electron chi connectivity index (χ2n) is 4.45. The van der Waals surface area contributed by atoms with Crippen molar-refractivity contribution in [3.63, 3.8) is 0 Å². The molecule has 0 saturated heterocycles. The minimum Gasteiger partial charge on any atom is -0.379 e. The molecule has 0 aliphatic heterocycles. The maximum absolute atomic E-state index is 13.5. The molecule has 100 valence electrons. The van der Waals surface area contributed by atoms with Gasteiger partial charge in [0.1, 0.15) is 0 Å². The molecule has 0 spiro atoms. The van der Waals surface area contributed by atoms with Gasteiger partial charge in [0.15, 0.2) is 11.6 Å². The van der Waals surface area contributed by atoms with E-state index < -0.39 is 5.82 Å². The molecule has 7 heteroatoms. The van der Waals surface area contributed by atoms with Crippen LogP contribution < -0.4 is 16.2 Å². The average molecular weight is 255 g/mol. The summed E-state index contributed by atoms with van der Waals surface area (Å²) in [5.41, 5.74) is 2.29. The zero-order valence-corrected chi connectivity index (χ0v) is 10.4. The minimum absolute atomic E-state index is 0.192. The van der Waals surface area contributed by atoms with Crippen LogP contribution in [0.1, 0.15) is 12.8 Å². The highest BCUT2D eigenvalue weighted by molar-refractivity contribution is 5.42. The molecule has 1 aliphatic rings. The van der Waals surface area contributed by atoms with Crippen LogP contribution in [-0.2, 0) is 4.74 Å². The summed E-state index contributed by atoms with van der Waals surface area (Å²) in [5.74, 6) is 5.86. The van der Waals surface area contributed by atoms with Gasteiger partial charge in [-0.3, -0.25) is 5.43 Å². The fourth-order valence-corrected chi connectivity index (χ4v) is 1.54. The molecule has 1 aromatic rings. The molecule has 6 nitrogen and oxygen atoms in total. The molecule has 1 aliphatic carbocycles. The van der Waals surface area contributed by atoms with Crippen LogP contribution in [0, 0.1) is 11.7 Å². The summed E-state index contributed by atoms with van der Waals surface area (Å²) in [6, 6.07) is 0. The Labute approximate surface area is 105 Å². The van der Waals surface area contributed by atoms with Crippen molar-refractivity contribution in [1.82, 2.24) is 9.97 Å². The Hall–Kier alpha value is -1.47. The molecular formula is C11H18FN5O. The number of nitrogen functional groups attached to an aromatic ring is 1. The highest BCUT2D eigenvalue weighted by Gasteiger charge is 2.21. The Kier molecular flexibility index (Phi) is 4.27. The van der Waals surface area contributed by atoms with Crippen LogP contribution in [0.15, 0.2) is 6.20 Å². The molecule has 1 aromatic heterocycles. The van der Waals surface area contributed by atoms with Crippen molar-refractivity contribution in [3.05, 3.63) is 12.0 Å². The third kappa shape index (κ3) is 3.51. The third-order valence-electron chi connectivity index (χ3n) is 2.84. The largest absolute Gasteiger partial charge is 0.379 e. The number of ether oxygens (including phenoxy) is 1. The number of anilines is 2. The van der Waals surface area contributed by atoms with E-state index >= 15 is 0 Å². The summed E-state index contributed by atoms with van der Waals surface area (Å²) in [6.45, 7) is 1.93. The smallest absolute Gasteiger partial charge is 0.239 e. The van der Waals surface area contributed by atoms with Gasteiger partial charge in [-0.1, -0.05) is 0 Å². The second kappa shape index (κ2) is 5.92. The van der Waals surface area contributed by atoms with E-state index in [0.29, 0.717) is 13.2 Å². The lowest BCUT2D eigenvalue weighted by Crippen LogP contribution is -2.25. The van der Waals surface area contributed by atoms with Crippen LogP contribution >= 0.6 is 0 Å². The zero-order chi connectivity index (χ0) is 13.0. The maximum Gasteiger partial charge on any atom is 0.239 e. The Morgan fingerprint density at radius 3 is 3.06 bits per heavy atom. The first-order valence-corrected chi connectivity index (χ1v) is 5.98. The monoisotopic (exact) mass is 255 g/mol. The molecule has 1 saturated carbocycles. The summed E-state index contributed by atoms with van der Waals surface area (Å²) in [4.78, 5) is 9.34. The molecule has 3 N–H and O–H groups in total. The van der Waals surface area contributed by atoms with Crippen LogP contribution in [0.5, 0.6) is 0 Å². The predicted molar refractivity (Wildman–Crippen MR) is 66.6 cm³/mol. The number of hydrogen-bond acceptors (Lipinski definition) is 6. The zero-order valence-electron chi connectivity index (χ0n) is 10.4. The predicted octanol–water partition coefficient (Wildman–Crippen LogP) is 0.764. The quantitative estimate of drug-likeness (QED) is 0.425. The number of halogens is 1. The molecule has 0 bridgehead atoms. The molecule has 0 amide bonds. The normalized spacial score (nSPS) is 14.6. The van der Waals surface area contributed by atoms with Crippen molar-refractivity contribution in [2.45, 2.75) is 12.8 Å². The number of aromatic nitrogens is 2. The van der Waals surface area contributed by atoms with E-state index in [0.717, 1.165) is 18.7 Å². The van der Waals surface area contributed by atoms with Gasteiger partial charge < -0.3 is 9.64 Å². The van der Waals surface area contributed by atoms with Crippen molar-refractivity contribution in [1.29, 1.82) is 0 Å². The lowest BCUT2D eigenvalue weighted by atomic mass is 10.4. The van der Waals surface area contributed by atoms with Gasteiger partial charge in [-0.15, -0.1) is 0 Å². The molecule has 0 atom stereocenters. The van der Waals surface area contributed by atoms with Gasteiger partial charge in [0.2, 0.25) is 5.95 Å². The van der Waals surface area contributed by atoms with Gasteiger partial charge in [0.25, 0.3) is 0 Å². The first-order valence-electron chi connectivity index (χ1n) is 5.98. The molecule has 0 unspecified atom stereocenters. The molecule has 0 radical (unpaired) electrons. The van der Waals surface area contributed by atoms with E-state index in [4.69, 9.17) is 10.6 Å². The van der Waals surface area contributed by atoms with E-state index in [9.17, 15) is 4.39 Å². The fraction of sp³-hybridized carbons (Fsp3) is 0.636. The lowest BCUT2D eigenvalue weighted by molar-refractivity contribution is 0.130.